The van der Waals surface area contributed by atoms with Gasteiger partial charge in [-0.05, 0) is 14.0 Å². The van der Waals surface area contributed by atoms with Crippen molar-refractivity contribution < 1.29 is 9.53 Å². The van der Waals surface area contributed by atoms with Crippen molar-refractivity contribution in [3.8, 4) is 0 Å². The summed E-state index contributed by atoms with van der Waals surface area (Å²) in [6.45, 7) is 2.79. The van der Waals surface area contributed by atoms with Gasteiger partial charge in [-0.3, -0.25) is 14.4 Å². The van der Waals surface area contributed by atoms with Gasteiger partial charge in [0.15, 0.2) is 0 Å². The van der Waals surface area contributed by atoms with Gasteiger partial charge in [0.25, 0.3) is 0 Å². The van der Waals surface area contributed by atoms with Crippen LogP contribution >= 0.6 is 0 Å². The maximum Gasteiger partial charge on any atom is 0.307 e. The van der Waals surface area contributed by atoms with Gasteiger partial charge in [0.2, 0.25) is 0 Å². The van der Waals surface area contributed by atoms with Crippen molar-refractivity contribution in [3.05, 3.63) is 18.0 Å². The number of rotatable bonds is 5. The van der Waals surface area contributed by atoms with Gasteiger partial charge in [0.1, 0.15) is 0 Å². The summed E-state index contributed by atoms with van der Waals surface area (Å²) in [7, 11) is 5.29. The van der Waals surface area contributed by atoms with Crippen LogP contribution in [-0.4, -0.2) is 40.8 Å². The topological polar surface area (TPSA) is 47.4 Å². The second-order valence-corrected chi connectivity index (χ2v) is 4.07. The van der Waals surface area contributed by atoms with Crippen LogP contribution in [-0.2, 0) is 23.1 Å². The van der Waals surface area contributed by atoms with Crippen LogP contribution in [0.1, 0.15) is 18.9 Å². The van der Waals surface area contributed by atoms with Crippen molar-refractivity contribution in [2.45, 2.75) is 25.9 Å². The van der Waals surface area contributed by atoms with E-state index in [1.54, 1.807) is 4.68 Å². The number of carbonyl (C=O) groups excluding carboxylic acids is 1. The molecule has 0 bridgehead atoms. The molecular weight excluding hydrogens is 206 g/mol. The third-order valence-corrected chi connectivity index (χ3v) is 2.63. The van der Waals surface area contributed by atoms with Gasteiger partial charge in [0, 0.05) is 31.4 Å². The first-order valence-electron chi connectivity index (χ1n) is 5.27. The molecule has 0 aromatic carbocycles. The highest BCUT2D eigenvalue weighted by Crippen LogP contribution is 2.08. The molecule has 1 atom stereocenters. The van der Waals surface area contributed by atoms with E-state index in [4.69, 9.17) is 0 Å². The summed E-state index contributed by atoms with van der Waals surface area (Å²) in [5.74, 6) is -0.175. The van der Waals surface area contributed by atoms with Crippen molar-refractivity contribution >= 4 is 5.97 Å². The smallest absolute Gasteiger partial charge is 0.307 e. The second kappa shape index (κ2) is 5.65. The Morgan fingerprint density at radius 1 is 1.69 bits per heavy atom. The Bertz CT molecular complexity index is 349. The minimum absolute atomic E-state index is 0.160. The molecule has 5 nitrogen and oxygen atoms in total. The van der Waals surface area contributed by atoms with Crippen LogP contribution in [0.3, 0.4) is 0 Å². The lowest BCUT2D eigenvalue weighted by molar-refractivity contribution is -0.141. The molecule has 0 aliphatic rings. The molecule has 0 saturated heterocycles. The third-order valence-electron chi connectivity index (χ3n) is 2.63. The number of hydrogen-bond acceptors (Lipinski definition) is 4. The van der Waals surface area contributed by atoms with Crippen LogP contribution in [0.2, 0.25) is 0 Å². The van der Waals surface area contributed by atoms with E-state index in [9.17, 15) is 4.79 Å². The Morgan fingerprint density at radius 3 is 2.88 bits per heavy atom. The second-order valence-electron chi connectivity index (χ2n) is 4.07. The average molecular weight is 225 g/mol. The minimum atomic E-state index is -0.175. The number of hydrogen-bond donors (Lipinski definition) is 0. The molecule has 1 unspecified atom stereocenters. The molecule has 0 aliphatic heterocycles. The summed E-state index contributed by atoms with van der Waals surface area (Å²) in [5.41, 5.74) is 1.14. The normalized spacial score (nSPS) is 12.8. The van der Waals surface area contributed by atoms with Gasteiger partial charge in [-0.2, -0.15) is 5.10 Å². The molecule has 0 saturated carbocycles. The van der Waals surface area contributed by atoms with E-state index in [1.807, 2.05) is 33.4 Å². The first kappa shape index (κ1) is 12.7. The molecule has 1 aromatic rings. The fraction of sp³-hybridized carbons (Fsp3) is 0.636. The lowest BCUT2D eigenvalue weighted by atomic mass is 10.2. The standard InChI is InChI=1S/C11H19N3O2/c1-9(5-11(15)16-4)13(2)7-10-6-12-14(3)8-10/h6,8-9H,5,7H2,1-4H3. The SMILES string of the molecule is COC(=O)CC(C)N(C)Cc1cnn(C)c1. The fourth-order valence-electron chi connectivity index (χ4n) is 1.48. The largest absolute Gasteiger partial charge is 0.469 e. The van der Waals surface area contributed by atoms with Gasteiger partial charge in [-0.25, -0.2) is 0 Å². The molecule has 1 heterocycles. The Kier molecular flexibility index (Phi) is 4.49. The molecule has 0 amide bonds. The summed E-state index contributed by atoms with van der Waals surface area (Å²) in [4.78, 5) is 13.2. The zero-order valence-corrected chi connectivity index (χ0v) is 10.3. The van der Waals surface area contributed by atoms with E-state index in [0.717, 1.165) is 12.1 Å². The fourth-order valence-corrected chi connectivity index (χ4v) is 1.48. The minimum Gasteiger partial charge on any atom is -0.469 e. The van der Waals surface area contributed by atoms with Crippen LogP contribution < -0.4 is 0 Å². The number of esters is 1. The van der Waals surface area contributed by atoms with Crippen molar-refractivity contribution in [1.82, 2.24) is 14.7 Å². The molecule has 0 N–H and O–H groups in total. The van der Waals surface area contributed by atoms with E-state index in [-0.39, 0.29) is 12.0 Å². The maximum absolute atomic E-state index is 11.1. The molecule has 5 heteroatoms. The third kappa shape index (κ3) is 3.66. The number of methoxy groups -OCH3 is 1. The average Bonchev–Trinajstić information content (AvgIpc) is 2.63. The summed E-state index contributed by atoms with van der Waals surface area (Å²) >= 11 is 0. The lowest BCUT2D eigenvalue weighted by Crippen LogP contribution is -2.30. The zero-order chi connectivity index (χ0) is 12.1. The Labute approximate surface area is 96.0 Å². The quantitative estimate of drug-likeness (QED) is 0.696. The van der Waals surface area contributed by atoms with E-state index < -0.39 is 0 Å². The van der Waals surface area contributed by atoms with Crippen molar-refractivity contribution in [2.24, 2.45) is 7.05 Å². The summed E-state index contributed by atoms with van der Waals surface area (Å²) in [5, 5.41) is 4.10. The van der Waals surface area contributed by atoms with Gasteiger partial charge in [-0.1, -0.05) is 0 Å². The predicted octanol–water partition coefficient (Wildman–Crippen LogP) is 0.803. The molecule has 1 rings (SSSR count). The first-order chi connectivity index (χ1) is 7.52. The summed E-state index contributed by atoms with van der Waals surface area (Å²) < 4.78 is 6.42. The van der Waals surface area contributed by atoms with Crippen LogP contribution in [0, 0.1) is 0 Å². The monoisotopic (exact) mass is 225 g/mol. The maximum atomic E-state index is 11.1. The lowest BCUT2D eigenvalue weighted by Gasteiger charge is -2.22. The molecule has 90 valence electrons. The van der Waals surface area contributed by atoms with Crippen LogP contribution in [0.15, 0.2) is 12.4 Å². The molecule has 0 aliphatic carbocycles. The van der Waals surface area contributed by atoms with E-state index in [2.05, 4.69) is 14.7 Å². The van der Waals surface area contributed by atoms with E-state index >= 15 is 0 Å². The molecule has 1 aromatic heterocycles. The van der Waals surface area contributed by atoms with Crippen molar-refractivity contribution in [3.63, 3.8) is 0 Å². The predicted molar refractivity (Wildman–Crippen MR) is 60.8 cm³/mol. The Hall–Kier alpha value is -1.36. The molecule has 0 fully saturated rings. The summed E-state index contributed by atoms with van der Waals surface area (Å²) in [6.07, 6.45) is 4.22. The summed E-state index contributed by atoms with van der Waals surface area (Å²) in [6, 6.07) is 0.160. The van der Waals surface area contributed by atoms with Crippen LogP contribution in [0.5, 0.6) is 0 Å². The van der Waals surface area contributed by atoms with Crippen LogP contribution in [0.25, 0.3) is 0 Å². The number of aromatic nitrogens is 2. The van der Waals surface area contributed by atoms with Crippen molar-refractivity contribution in [2.75, 3.05) is 14.2 Å². The highest BCUT2D eigenvalue weighted by Gasteiger charge is 2.14. The molecule has 16 heavy (non-hydrogen) atoms. The van der Waals surface area contributed by atoms with Gasteiger partial charge >= 0.3 is 5.97 Å². The van der Waals surface area contributed by atoms with E-state index in [0.29, 0.717) is 6.42 Å². The molecular formula is C11H19N3O2. The zero-order valence-electron chi connectivity index (χ0n) is 10.3. The number of nitrogens with zero attached hydrogens (tertiary/aromatic N) is 3. The van der Waals surface area contributed by atoms with Crippen LogP contribution in [0.4, 0.5) is 0 Å². The Balaban J connectivity index is 2.45. The number of aryl methyl sites for hydroxylation is 1. The van der Waals surface area contributed by atoms with Gasteiger partial charge in [-0.15, -0.1) is 0 Å². The number of ether oxygens (including phenoxy) is 1. The van der Waals surface area contributed by atoms with Crippen molar-refractivity contribution in [1.29, 1.82) is 0 Å². The van der Waals surface area contributed by atoms with E-state index in [1.165, 1.54) is 7.11 Å². The van der Waals surface area contributed by atoms with Gasteiger partial charge < -0.3 is 4.74 Å². The Morgan fingerprint density at radius 2 is 2.38 bits per heavy atom. The number of carbonyl (C=O) groups is 1. The highest BCUT2D eigenvalue weighted by atomic mass is 16.5. The first-order valence-corrected chi connectivity index (χ1v) is 5.27. The highest BCUT2D eigenvalue weighted by molar-refractivity contribution is 5.69. The van der Waals surface area contributed by atoms with Gasteiger partial charge in [0.05, 0.1) is 19.7 Å². The molecule has 0 radical (unpaired) electrons. The molecule has 0 spiro atoms.